The molecule has 3 saturated heterocycles. The summed E-state index contributed by atoms with van der Waals surface area (Å²) in [5, 5.41) is 0. The summed E-state index contributed by atoms with van der Waals surface area (Å²) in [5.41, 5.74) is 0.632. The molecular formula is C19H25NO8S. The van der Waals surface area contributed by atoms with Crippen LogP contribution in [0.3, 0.4) is 0 Å². The summed E-state index contributed by atoms with van der Waals surface area (Å²) in [7, 11) is -4.22. The van der Waals surface area contributed by atoms with E-state index in [2.05, 4.69) is 4.40 Å². The molecule has 0 N–H and O–H groups in total. The molecule has 29 heavy (non-hydrogen) atoms. The molecule has 10 heteroatoms. The Bertz CT molecular complexity index is 885. The number of benzene rings is 1. The molecule has 3 heterocycles. The van der Waals surface area contributed by atoms with Crippen LogP contribution in [-0.2, 0) is 38.2 Å². The SMILES string of the molecule is CC1(C)OC2[C@@H](CO[C@@]3(COS(=O)(=O)N=Cc4ccccc4)OC(C)(C)O[C@@H]23)O1. The van der Waals surface area contributed by atoms with Crippen molar-refractivity contribution in [1.29, 1.82) is 0 Å². The molecule has 160 valence electrons. The highest BCUT2D eigenvalue weighted by Crippen LogP contribution is 2.47. The van der Waals surface area contributed by atoms with E-state index in [0.717, 1.165) is 0 Å². The Labute approximate surface area is 170 Å². The Kier molecular flexibility index (Phi) is 5.10. The first-order valence-corrected chi connectivity index (χ1v) is 10.7. The van der Waals surface area contributed by atoms with E-state index in [9.17, 15) is 8.42 Å². The Hall–Kier alpha value is -1.40. The van der Waals surface area contributed by atoms with E-state index in [0.29, 0.717) is 5.56 Å². The van der Waals surface area contributed by atoms with Crippen molar-refractivity contribution in [3.8, 4) is 0 Å². The number of rotatable bonds is 5. The molecule has 0 spiro atoms. The summed E-state index contributed by atoms with van der Waals surface area (Å²) in [6.45, 7) is 6.76. The van der Waals surface area contributed by atoms with E-state index >= 15 is 0 Å². The molecule has 0 aromatic heterocycles. The quantitative estimate of drug-likeness (QED) is 0.655. The van der Waals surface area contributed by atoms with E-state index in [1.165, 1.54) is 6.21 Å². The molecule has 3 fully saturated rings. The van der Waals surface area contributed by atoms with Crippen LogP contribution in [-0.4, -0.2) is 63.5 Å². The molecule has 1 aromatic carbocycles. The molecule has 1 unspecified atom stereocenters. The highest BCUT2D eigenvalue weighted by molar-refractivity contribution is 7.85. The van der Waals surface area contributed by atoms with E-state index in [1.54, 1.807) is 52.0 Å². The lowest BCUT2D eigenvalue weighted by molar-refractivity contribution is -0.290. The molecule has 0 aliphatic carbocycles. The van der Waals surface area contributed by atoms with Gasteiger partial charge in [-0.25, -0.2) is 4.18 Å². The van der Waals surface area contributed by atoms with Crippen molar-refractivity contribution in [3.63, 3.8) is 0 Å². The van der Waals surface area contributed by atoms with E-state index in [-0.39, 0.29) is 12.7 Å². The Balaban J connectivity index is 1.51. The van der Waals surface area contributed by atoms with Gasteiger partial charge < -0.3 is 23.7 Å². The third-order valence-corrected chi connectivity index (χ3v) is 5.59. The minimum absolute atomic E-state index is 0.153. The van der Waals surface area contributed by atoms with Gasteiger partial charge in [0.05, 0.1) is 6.61 Å². The molecule has 0 amide bonds. The lowest BCUT2D eigenvalue weighted by Gasteiger charge is -2.40. The van der Waals surface area contributed by atoms with Crippen LogP contribution < -0.4 is 0 Å². The smallest absolute Gasteiger partial charge is 0.343 e. The van der Waals surface area contributed by atoms with Gasteiger partial charge in [0.25, 0.3) is 0 Å². The van der Waals surface area contributed by atoms with Crippen molar-refractivity contribution in [2.24, 2.45) is 4.40 Å². The Morgan fingerprint density at radius 2 is 1.83 bits per heavy atom. The van der Waals surface area contributed by atoms with Crippen molar-refractivity contribution in [2.45, 2.75) is 63.4 Å². The summed E-state index contributed by atoms with van der Waals surface area (Å²) >= 11 is 0. The van der Waals surface area contributed by atoms with Crippen molar-refractivity contribution in [3.05, 3.63) is 35.9 Å². The molecule has 0 bridgehead atoms. The summed E-state index contributed by atoms with van der Waals surface area (Å²) < 4.78 is 63.0. The van der Waals surface area contributed by atoms with E-state index in [1.807, 2.05) is 6.07 Å². The van der Waals surface area contributed by atoms with Gasteiger partial charge in [-0.2, -0.15) is 8.42 Å². The van der Waals surface area contributed by atoms with Crippen LogP contribution >= 0.6 is 0 Å². The van der Waals surface area contributed by atoms with Gasteiger partial charge in [0, 0.05) is 6.21 Å². The monoisotopic (exact) mass is 427 g/mol. The van der Waals surface area contributed by atoms with Crippen LogP contribution in [0.5, 0.6) is 0 Å². The van der Waals surface area contributed by atoms with Gasteiger partial charge in [0.2, 0.25) is 5.79 Å². The molecule has 0 radical (unpaired) electrons. The number of hydrogen-bond donors (Lipinski definition) is 0. The topological polar surface area (TPSA) is 102 Å². The Morgan fingerprint density at radius 3 is 2.55 bits per heavy atom. The predicted octanol–water partition coefficient (Wildman–Crippen LogP) is 1.76. The lowest BCUT2D eigenvalue weighted by Crippen LogP contribution is -2.60. The van der Waals surface area contributed by atoms with Crippen molar-refractivity contribution in [1.82, 2.24) is 0 Å². The highest BCUT2D eigenvalue weighted by Gasteiger charge is 2.65. The molecule has 4 atom stereocenters. The lowest BCUT2D eigenvalue weighted by atomic mass is 9.98. The number of hydrogen-bond acceptors (Lipinski definition) is 8. The average Bonchev–Trinajstić information content (AvgIpc) is 3.11. The molecule has 4 rings (SSSR count). The van der Waals surface area contributed by atoms with Crippen LogP contribution in [0, 0.1) is 0 Å². The minimum atomic E-state index is -4.22. The normalized spacial score (nSPS) is 35.5. The van der Waals surface area contributed by atoms with Gasteiger partial charge in [-0.15, -0.1) is 4.40 Å². The van der Waals surface area contributed by atoms with Gasteiger partial charge in [0.15, 0.2) is 11.6 Å². The maximum absolute atomic E-state index is 12.3. The summed E-state index contributed by atoms with van der Waals surface area (Å²) in [4.78, 5) is 0. The first-order valence-electron chi connectivity index (χ1n) is 9.37. The van der Waals surface area contributed by atoms with Gasteiger partial charge in [-0.3, -0.25) is 0 Å². The Morgan fingerprint density at radius 1 is 1.10 bits per heavy atom. The second-order valence-corrected chi connectivity index (χ2v) is 9.44. The van der Waals surface area contributed by atoms with Crippen LogP contribution in [0.25, 0.3) is 0 Å². The van der Waals surface area contributed by atoms with E-state index < -0.39 is 46.5 Å². The van der Waals surface area contributed by atoms with Crippen LogP contribution in [0.1, 0.15) is 33.3 Å². The van der Waals surface area contributed by atoms with Gasteiger partial charge in [0.1, 0.15) is 24.9 Å². The molecule has 9 nitrogen and oxygen atoms in total. The van der Waals surface area contributed by atoms with Gasteiger partial charge >= 0.3 is 10.3 Å². The first kappa shape index (κ1) is 20.9. The van der Waals surface area contributed by atoms with Gasteiger partial charge in [-0.1, -0.05) is 30.3 Å². The standard InChI is InChI=1S/C19H25NO8S/c1-17(2)25-14-11-23-19(16(15(14)26-17)27-18(3,4)28-19)12-24-29(21,22)20-10-13-8-6-5-7-9-13/h5-10,14-16H,11-12H2,1-4H3/t14-,15?,16+,19+/m1/s1. The zero-order valence-corrected chi connectivity index (χ0v) is 17.5. The van der Waals surface area contributed by atoms with E-state index in [4.69, 9.17) is 27.9 Å². The number of nitrogens with zero attached hydrogens (tertiary/aromatic N) is 1. The predicted molar refractivity (Wildman–Crippen MR) is 101 cm³/mol. The fourth-order valence-corrected chi connectivity index (χ4v) is 4.42. The summed E-state index contributed by atoms with van der Waals surface area (Å²) in [6, 6.07) is 8.84. The number of fused-ring (bicyclic) bond motifs is 3. The zero-order valence-electron chi connectivity index (χ0n) is 16.7. The van der Waals surface area contributed by atoms with Crippen molar-refractivity contribution >= 4 is 16.5 Å². The maximum atomic E-state index is 12.3. The first-order chi connectivity index (χ1) is 13.5. The molecule has 0 saturated carbocycles. The second-order valence-electron chi connectivity index (χ2n) is 8.14. The third kappa shape index (κ3) is 4.38. The van der Waals surface area contributed by atoms with Gasteiger partial charge in [-0.05, 0) is 33.3 Å². The zero-order chi connectivity index (χ0) is 20.9. The second kappa shape index (κ2) is 7.09. The third-order valence-electron chi connectivity index (χ3n) is 4.81. The maximum Gasteiger partial charge on any atom is 0.381 e. The molecule has 3 aliphatic heterocycles. The van der Waals surface area contributed by atoms with Crippen molar-refractivity contribution in [2.75, 3.05) is 13.2 Å². The average molecular weight is 427 g/mol. The number of ether oxygens (including phenoxy) is 5. The fraction of sp³-hybridized carbons (Fsp3) is 0.632. The largest absolute Gasteiger partial charge is 0.381 e. The van der Waals surface area contributed by atoms with Crippen LogP contribution in [0.4, 0.5) is 0 Å². The fourth-order valence-electron chi connectivity index (χ4n) is 3.80. The molecular weight excluding hydrogens is 402 g/mol. The molecule has 1 aromatic rings. The van der Waals surface area contributed by atoms with Crippen LogP contribution in [0.15, 0.2) is 34.7 Å². The summed E-state index contributed by atoms with van der Waals surface area (Å²) in [6.07, 6.45) is -0.353. The minimum Gasteiger partial charge on any atom is -0.343 e. The van der Waals surface area contributed by atoms with Crippen molar-refractivity contribution < 1.29 is 36.3 Å². The van der Waals surface area contributed by atoms with Crippen LogP contribution in [0.2, 0.25) is 0 Å². The highest BCUT2D eigenvalue weighted by atomic mass is 32.2. The summed E-state index contributed by atoms with van der Waals surface area (Å²) in [5.74, 6) is -3.28. The molecule has 3 aliphatic rings.